The van der Waals surface area contributed by atoms with Crippen molar-refractivity contribution < 1.29 is 0 Å². The maximum atomic E-state index is 4.09. The van der Waals surface area contributed by atoms with E-state index in [1.54, 1.807) is 0 Å². The molecule has 0 aliphatic heterocycles. The largest absolute Gasteiger partial charge is 0.314 e. The number of rotatable bonds is 7. The number of hydrogen-bond donors (Lipinski definition) is 1. The Morgan fingerprint density at radius 3 is 2.35 bits per heavy atom. The lowest BCUT2D eigenvalue weighted by molar-refractivity contribution is 0.362. The van der Waals surface area contributed by atoms with E-state index in [0.717, 1.165) is 12.5 Å². The predicted molar refractivity (Wildman–Crippen MR) is 74.2 cm³/mol. The first-order valence-electron chi connectivity index (χ1n) is 6.82. The third kappa shape index (κ3) is 4.47. The molecule has 17 heavy (non-hydrogen) atoms. The summed E-state index contributed by atoms with van der Waals surface area (Å²) in [6, 6.07) is 4.83. The zero-order chi connectivity index (χ0) is 12.7. The first-order valence-corrected chi connectivity index (χ1v) is 6.82. The number of hydrogen-bond acceptors (Lipinski definition) is 2. The topological polar surface area (TPSA) is 24.9 Å². The van der Waals surface area contributed by atoms with Gasteiger partial charge in [-0.1, -0.05) is 34.1 Å². The molecule has 0 bridgehead atoms. The molecule has 3 unspecified atom stereocenters. The van der Waals surface area contributed by atoms with Gasteiger partial charge < -0.3 is 5.32 Å². The third-order valence-electron chi connectivity index (χ3n) is 3.65. The molecule has 1 aromatic heterocycles. The van der Waals surface area contributed by atoms with Crippen molar-refractivity contribution in [2.24, 2.45) is 5.92 Å². The molecule has 1 N–H and O–H groups in total. The molecule has 0 amide bonds. The summed E-state index contributed by atoms with van der Waals surface area (Å²) in [6.45, 7) is 10.1. The van der Waals surface area contributed by atoms with Gasteiger partial charge in [-0.2, -0.15) is 0 Å². The van der Waals surface area contributed by atoms with E-state index in [1.165, 1.54) is 18.4 Å². The van der Waals surface area contributed by atoms with Crippen molar-refractivity contribution in [1.29, 1.82) is 0 Å². The van der Waals surface area contributed by atoms with E-state index in [-0.39, 0.29) is 0 Å². The van der Waals surface area contributed by atoms with Crippen molar-refractivity contribution in [2.75, 3.05) is 6.54 Å². The van der Waals surface area contributed by atoms with E-state index in [2.05, 4.69) is 50.1 Å². The predicted octanol–water partition coefficient (Wildman–Crippen LogP) is 3.60. The van der Waals surface area contributed by atoms with Gasteiger partial charge in [0.05, 0.1) is 0 Å². The van der Waals surface area contributed by atoms with E-state index in [0.29, 0.717) is 12.0 Å². The lowest BCUT2D eigenvalue weighted by Gasteiger charge is -2.27. The lowest BCUT2D eigenvalue weighted by atomic mass is 9.87. The highest BCUT2D eigenvalue weighted by molar-refractivity contribution is 5.17. The lowest BCUT2D eigenvalue weighted by Crippen LogP contribution is -2.35. The molecule has 0 fully saturated rings. The number of nitrogens with one attached hydrogen (secondary N) is 1. The summed E-state index contributed by atoms with van der Waals surface area (Å²) < 4.78 is 0. The minimum absolute atomic E-state index is 0.548. The van der Waals surface area contributed by atoms with Crippen LogP contribution in [0.4, 0.5) is 0 Å². The molecule has 0 saturated heterocycles. The molecule has 0 radical (unpaired) electrons. The summed E-state index contributed by atoms with van der Waals surface area (Å²) in [5, 5.41) is 3.63. The first-order chi connectivity index (χ1) is 8.19. The van der Waals surface area contributed by atoms with Crippen molar-refractivity contribution >= 4 is 0 Å². The van der Waals surface area contributed by atoms with Crippen LogP contribution < -0.4 is 5.32 Å². The monoisotopic (exact) mass is 234 g/mol. The molecule has 0 aromatic carbocycles. The number of pyridine rings is 1. The van der Waals surface area contributed by atoms with Crippen LogP contribution in [-0.2, 0) is 0 Å². The van der Waals surface area contributed by atoms with Gasteiger partial charge in [-0.05, 0) is 42.5 Å². The minimum Gasteiger partial charge on any atom is -0.314 e. The van der Waals surface area contributed by atoms with Crippen LogP contribution in [0.25, 0.3) is 0 Å². The third-order valence-corrected chi connectivity index (χ3v) is 3.65. The standard InChI is InChI=1S/C15H26N2/c1-5-12(3)11-15(17-6-2)13(4)14-7-9-16-10-8-14/h7-10,12-13,15,17H,5-6,11H2,1-4H3. The van der Waals surface area contributed by atoms with Gasteiger partial charge in [-0.3, -0.25) is 4.98 Å². The van der Waals surface area contributed by atoms with E-state index >= 15 is 0 Å². The summed E-state index contributed by atoms with van der Waals surface area (Å²) in [7, 11) is 0. The molecule has 1 aromatic rings. The van der Waals surface area contributed by atoms with E-state index in [4.69, 9.17) is 0 Å². The van der Waals surface area contributed by atoms with Gasteiger partial charge in [0.25, 0.3) is 0 Å². The Balaban J connectivity index is 2.69. The molecule has 1 rings (SSSR count). The van der Waals surface area contributed by atoms with Gasteiger partial charge in [0.1, 0.15) is 0 Å². The quantitative estimate of drug-likeness (QED) is 0.779. The highest BCUT2D eigenvalue weighted by Crippen LogP contribution is 2.24. The Hall–Kier alpha value is -0.890. The van der Waals surface area contributed by atoms with Crippen LogP contribution in [0.5, 0.6) is 0 Å². The SMILES string of the molecule is CCNC(CC(C)CC)C(C)c1ccncc1. The summed E-state index contributed by atoms with van der Waals surface area (Å²) in [5.41, 5.74) is 1.38. The summed E-state index contributed by atoms with van der Waals surface area (Å²) in [6.07, 6.45) is 6.27. The summed E-state index contributed by atoms with van der Waals surface area (Å²) in [5.74, 6) is 1.33. The van der Waals surface area contributed by atoms with Crippen LogP contribution in [0.2, 0.25) is 0 Å². The number of likely N-dealkylation sites (N-methyl/N-ethyl adjacent to an activating group) is 1. The molecular weight excluding hydrogens is 208 g/mol. The van der Waals surface area contributed by atoms with Crippen LogP contribution in [-0.4, -0.2) is 17.6 Å². The minimum atomic E-state index is 0.548. The fraction of sp³-hybridized carbons (Fsp3) is 0.667. The Morgan fingerprint density at radius 2 is 1.82 bits per heavy atom. The summed E-state index contributed by atoms with van der Waals surface area (Å²) in [4.78, 5) is 4.09. The first kappa shape index (κ1) is 14.2. The molecular formula is C15H26N2. The van der Waals surface area contributed by atoms with E-state index in [9.17, 15) is 0 Å². The van der Waals surface area contributed by atoms with Crippen LogP contribution in [0.1, 0.15) is 52.0 Å². The van der Waals surface area contributed by atoms with E-state index in [1.807, 2.05) is 12.4 Å². The van der Waals surface area contributed by atoms with Crippen molar-refractivity contribution in [3.05, 3.63) is 30.1 Å². The number of aromatic nitrogens is 1. The van der Waals surface area contributed by atoms with Crippen LogP contribution in [0.3, 0.4) is 0 Å². The Bertz CT molecular complexity index is 297. The second-order valence-corrected chi connectivity index (χ2v) is 4.98. The van der Waals surface area contributed by atoms with Crippen LogP contribution in [0, 0.1) is 5.92 Å². The van der Waals surface area contributed by atoms with Crippen molar-refractivity contribution in [2.45, 2.75) is 52.5 Å². The Labute approximate surface area is 106 Å². The van der Waals surface area contributed by atoms with Crippen molar-refractivity contribution in [3.63, 3.8) is 0 Å². The molecule has 3 atom stereocenters. The van der Waals surface area contributed by atoms with Gasteiger partial charge in [0.15, 0.2) is 0 Å². The van der Waals surface area contributed by atoms with Gasteiger partial charge >= 0.3 is 0 Å². The zero-order valence-electron chi connectivity index (χ0n) is 11.6. The fourth-order valence-corrected chi connectivity index (χ4v) is 2.23. The van der Waals surface area contributed by atoms with Gasteiger partial charge in [0.2, 0.25) is 0 Å². The molecule has 2 heteroatoms. The molecule has 1 heterocycles. The number of nitrogens with zero attached hydrogens (tertiary/aromatic N) is 1. The summed E-state index contributed by atoms with van der Waals surface area (Å²) >= 11 is 0. The maximum Gasteiger partial charge on any atom is 0.0270 e. The molecule has 0 spiro atoms. The average Bonchev–Trinajstić information content (AvgIpc) is 2.38. The zero-order valence-corrected chi connectivity index (χ0v) is 11.6. The molecule has 0 aliphatic carbocycles. The van der Waals surface area contributed by atoms with Gasteiger partial charge in [-0.15, -0.1) is 0 Å². The Kier molecular flexibility index (Phi) is 6.20. The second-order valence-electron chi connectivity index (χ2n) is 4.98. The molecule has 2 nitrogen and oxygen atoms in total. The fourth-order valence-electron chi connectivity index (χ4n) is 2.23. The Morgan fingerprint density at radius 1 is 1.18 bits per heavy atom. The van der Waals surface area contributed by atoms with Crippen molar-refractivity contribution in [1.82, 2.24) is 10.3 Å². The highest BCUT2D eigenvalue weighted by Gasteiger charge is 2.19. The molecule has 0 saturated carbocycles. The second kappa shape index (κ2) is 7.44. The van der Waals surface area contributed by atoms with Gasteiger partial charge in [0, 0.05) is 18.4 Å². The normalized spacial score (nSPS) is 16.5. The highest BCUT2D eigenvalue weighted by atomic mass is 14.9. The smallest absolute Gasteiger partial charge is 0.0270 e. The van der Waals surface area contributed by atoms with Gasteiger partial charge in [-0.25, -0.2) is 0 Å². The maximum absolute atomic E-state index is 4.09. The molecule has 0 aliphatic rings. The average molecular weight is 234 g/mol. The molecule has 96 valence electrons. The van der Waals surface area contributed by atoms with Crippen molar-refractivity contribution in [3.8, 4) is 0 Å². The van der Waals surface area contributed by atoms with Crippen LogP contribution in [0.15, 0.2) is 24.5 Å². The van der Waals surface area contributed by atoms with Crippen LogP contribution >= 0.6 is 0 Å². The van der Waals surface area contributed by atoms with E-state index < -0.39 is 0 Å².